The van der Waals surface area contributed by atoms with Gasteiger partial charge in [-0.2, -0.15) is 0 Å². The molecule has 0 unspecified atom stereocenters. The molecule has 0 radical (unpaired) electrons. The monoisotopic (exact) mass is 309 g/mol. The van der Waals surface area contributed by atoms with Gasteiger partial charge in [-0.3, -0.25) is 14.6 Å². The van der Waals surface area contributed by atoms with E-state index in [1.807, 2.05) is 24.3 Å². The van der Waals surface area contributed by atoms with Crippen LogP contribution >= 0.6 is 0 Å². The molecule has 3 rings (SSSR count). The van der Waals surface area contributed by atoms with E-state index in [9.17, 15) is 9.59 Å². The fraction of sp³-hybridized carbons (Fsp3) is 0.118. The summed E-state index contributed by atoms with van der Waals surface area (Å²) >= 11 is 0. The molecule has 0 saturated carbocycles. The Morgan fingerprint density at radius 3 is 2.52 bits per heavy atom. The maximum atomic E-state index is 12.3. The molecule has 2 N–H and O–H groups in total. The van der Waals surface area contributed by atoms with Gasteiger partial charge in [-0.25, -0.2) is 0 Å². The largest absolute Gasteiger partial charge is 0.459 e. The van der Waals surface area contributed by atoms with Gasteiger partial charge in [0, 0.05) is 24.7 Å². The van der Waals surface area contributed by atoms with Crippen LogP contribution in [0.1, 0.15) is 20.9 Å². The molecule has 1 aromatic carbocycles. The predicted molar refractivity (Wildman–Crippen MR) is 85.1 cm³/mol. The van der Waals surface area contributed by atoms with Gasteiger partial charge in [-0.1, -0.05) is 18.2 Å². The van der Waals surface area contributed by atoms with E-state index in [0.29, 0.717) is 18.7 Å². The third kappa shape index (κ3) is 3.37. The second kappa shape index (κ2) is 6.74. The Morgan fingerprint density at radius 1 is 0.957 bits per heavy atom. The number of para-hydroxylation sites is 1. The van der Waals surface area contributed by atoms with Gasteiger partial charge in [-0.15, -0.1) is 0 Å². The highest BCUT2D eigenvalue weighted by Crippen LogP contribution is 2.15. The summed E-state index contributed by atoms with van der Waals surface area (Å²) in [7, 11) is 0. The molecular formula is C17H15N3O3. The number of pyridine rings is 1. The lowest BCUT2D eigenvalue weighted by atomic mass is 10.1. The number of aromatic nitrogens is 1. The van der Waals surface area contributed by atoms with Crippen molar-refractivity contribution in [3.05, 3.63) is 66.2 Å². The molecule has 2 aromatic heterocycles. The Morgan fingerprint density at radius 2 is 1.74 bits per heavy atom. The Balaban J connectivity index is 1.56. The highest BCUT2D eigenvalue weighted by molar-refractivity contribution is 6.05. The van der Waals surface area contributed by atoms with E-state index >= 15 is 0 Å². The standard InChI is InChI=1S/C17H15N3O3/c21-16(13-7-8-18-14-5-2-1-4-12(13)14)19-9-10-20-17(22)15-6-3-11-23-15/h1-8,11H,9-10H2,(H,19,21)(H,20,22). The quantitative estimate of drug-likeness (QED) is 0.706. The first-order valence-corrected chi connectivity index (χ1v) is 7.19. The molecule has 2 amide bonds. The molecule has 0 aliphatic heterocycles. The van der Waals surface area contributed by atoms with Gasteiger partial charge in [0.25, 0.3) is 11.8 Å². The van der Waals surface area contributed by atoms with E-state index in [0.717, 1.165) is 10.9 Å². The first-order chi connectivity index (χ1) is 11.3. The maximum absolute atomic E-state index is 12.3. The van der Waals surface area contributed by atoms with E-state index in [2.05, 4.69) is 15.6 Å². The summed E-state index contributed by atoms with van der Waals surface area (Å²) < 4.78 is 4.98. The van der Waals surface area contributed by atoms with Crippen molar-refractivity contribution in [2.45, 2.75) is 0 Å². The molecule has 116 valence electrons. The van der Waals surface area contributed by atoms with E-state index in [-0.39, 0.29) is 17.6 Å². The summed E-state index contributed by atoms with van der Waals surface area (Å²) in [4.78, 5) is 28.2. The lowest BCUT2D eigenvalue weighted by Crippen LogP contribution is -2.34. The Labute approximate surface area is 132 Å². The Bertz CT molecular complexity index is 823. The first-order valence-electron chi connectivity index (χ1n) is 7.19. The molecule has 0 fully saturated rings. The van der Waals surface area contributed by atoms with Crippen LogP contribution in [0.5, 0.6) is 0 Å². The van der Waals surface area contributed by atoms with E-state index in [1.165, 1.54) is 6.26 Å². The van der Waals surface area contributed by atoms with Gasteiger partial charge in [0.05, 0.1) is 17.3 Å². The van der Waals surface area contributed by atoms with Crippen molar-refractivity contribution in [1.82, 2.24) is 15.6 Å². The van der Waals surface area contributed by atoms with Crippen molar-refractivity contribution in [3.63, 3.8) is 0 Å². The van der Waals surface area contributed by atoms with Gasteiger partial charge in [0.15, 0.2) is 5.76 Å². The number of hydrogen-bond acceptors (Lipinski definition) is 4. The summed E-state index contributed by atoms with van der Waals surface area (Å²) in [5.41, 5.74) is 1.33. The minimum Gasteiger partial charge on any atom is -0.459 e. The average molecular weight is 309 g/mol. The van der Waals surface area contributed by atoms with Crippen LogP contribution < -0.4 is 10.6 Å². The van der Waals surface area contributed by atoms with Gasteiger partial charge in [-0.05, 0) is 24.3 Å². The van der Waals surface area contributed by atoms with Crippen LogP contribution in [0.2, 0.25) is 0 Å². The number of furan rings is 1. The minimum absolute atomic E-state index is 0.198. The molecule has 6 nitrogen and oxygen atoms in total. The number of nitrogens with zero attached hydrogens (tertiary/aromatic N) is 1. The number of rotatable bonds is 5. The van der Waals surface area contributed by atoms with Crippen molar-refractivity contribution in [1.29, 1.82) is 0 Å². The van der Waals surface area contributed by atoms with E-state index < -0.39 is 0 Å². The zero-order valence-corrected chi connectivity index (χ0v) is 12.3. The number of benzene rings is 1. The fourth-order valence-electron chi connectivity index (χ4n) is 2.24. The van der Waals surface area contributed by atoms with Crippen molar-refractivity contribution in [3.8, 4) is 0 Å². The predicted octanol–water partition coefficient (Wildman–Crippen LogP) is 1.99. The number of carbonyl (C=O) groups is 2. The fourth-order valence-corrected chi connectivity index (χ4v) is 2.24. The zero-order valence-electron chi connectivity index (χ0n) is 12.3. The summed E-state index contributed by atoms with van der Waals surface area (Å²) in [5.74, 6) is -0.258. The van der Waals surface area contributed by atoms with Gasteiger partial charge in [0.2, 0.25) is 0 Å². The second-order valence-electron chi connectivity index (χ2n) is 4.86. The third-order valence-electron chi connectivity index (χ3n) is 3.33. The van der Waals surface area contributed by atoms with Crippen molar-refractivity contribution in [2.24, 2.45) is 0 Å². The lowest BCUT2D eigenvalue weighted by Gasteiger charge is -2.08. The number of hydrogen-bond donors (Lipinski definition) is 2. The molecule has 23 heavy (non-hydrogen) atoms. The Kier molecular flexibility index (Phi) is 4.33. The first kappa shape index (κ1) is 14.8. The minimum atomic E-state index is -0.307. The number of fused-ring (bicyclic) bond motifs is 1. The van der Waals surface area contributed by atoms with Gasteiger partial charge < -0.3 is 15.1 Å². The number of carbonyl (C=O) groups excluding carboxylic acids is 2. The third-order valence-corrected chi connectivity index (χ3v) is 3.33. The zero-order chi connectivity index (χ0) is 16.1. The molecule has 3 aromatic rings. The highest BCUT2D eigenvalue weighted by Gasteiger charge is 2.10. The van der Waals surface area contributed by atoms with Gasteiger partial charge >= 0.3 is 0 Å². The van der Waals surface area contributed by atoms with Crippen LogP contribution in [0.3, 0.4) is 0 Å². The molecule has 0 saturated heterocycles. The van der Waals surface area contributed by atoms with Crippen LogP contribution in [0.15, 0.2) is 59.3 Å². The van der Waals surface area contributed by atoms with Crippen molar-refractivity contribution in [2.75, 3.05) is 13.1 Å². The topological polar surface area (TPSA) is 84.2 Å². The SMILES string of the molecule is O=C(NCCNC(=O)c1ccnc2ccccc12)c1ccco1. The molecular weight excluding hydrogens is 294 g/mol. The molecule has 2 heterocycles. The van der Waals surface area contributed by atoms with Crippen LogP contribution in [0.25, 0.3) is 10.9 Å². The summed E-state index contributed by atoms with van der Waals surface area (Å²) in [6.45, 7) is 0.635. The van der Waals surface area contributed by atoms with Gasteiger partial charge in [0.1, 0.15) is 0 Å². The lowest BCUT2D eigenvalue weighted by molar-refractivity contribution is 0.0911. The molecule has 0 spiro atoms. The molecule has 6 heteroatoms. The molecule has 0 atom stereocenters. The average Bonchev–Trinajstić information content (AvgIpc) is 3.12. The van der Waals surface area contributed by atoms with Crippen LogP contribution in [0, 0.1) is 0 Å². The van der Waals surface area contributed by atoms with Crippen LogP contribution in [-0.4, -0.2) is 29.9 Å². The van der Waals surface area contributed by atoms with Crippen LogP contribution in [0.4, 0.5) is 0 Å². The van der Waals surface area contributed by atoms with E-state index in [1.54, 1.807) is 24.4 Å². The van der Waals surface area contributed by atoms with Crippen LogP contribution in [-0.2, 0) is 0 Å². The molecule has 0 aliphatic carbocycles. The summed E-state index contributed by atoms with van der Waals surface area (Å²) in [6.07, 6.45) is 3.04. The molecule has 0 aliphatic rings. The number of nitrogens with one attached hydrogen (secondary N) is 2. The smallest absolute Gasteiger partial charge is 0.287 e. The highest BCUT2D eigenvalue weighted by atomic mass is 16.3. The Hall–Kier alpha value is -3.15. The normalized spacial score (nSPS) is 10.4. The van der Waals surface area contributed by atoms with Crippen molar-refractivity contribution >= 4 is 22.7 Å². The summed E-state index contributed by atoms with van der Waals surface area (Å²) in [5, 5.41) is 6.25. The van der Waals surface area contributed by atoms with Crippen molar-refractivity contribution < 1.29 is 14.0 Å². The summed E-state index contributed by atoms with van der Waals surface area (Å²) in [6, 6.07) is 12.4. The molecule has 0 bridgehead atoms. The maximum Gasteiger partial charge on any atom is 0.287 e. The second-order valence-corrected chi connectivity index (χ2v) is 4.86. The number of amides is 2. The van der Waals surface area contributed by atoms with E-state index in [4.69, 9.17) is 4.42 Å².